The number of thioether (sulfide) groups is 1. The molecule has 1 unspecified atom stereocenters. The van der Waals surface area contributed by atoms with Crippen LogP contribution in [0.5, 0.6) is 0 Å². The van der Waals surface area contributed by atoms with Gasteiger partial charge in [-0.15, -0.1) is 0 Å². The van der Waals surface area contributed by atoms with Crippen LogP contribution in [0, 0.1) is 6.92 Å². The molecule has 0 amide bonds. The third kappa shape index (κ3) is 4.40. The Balaban J connectivity index is 2.68. The topological polar surface area (TPSA) is 64.4 Å². The number of rotatable bonds is 7. The summed E-state index contributed by atoms with van der Waals surface area (Å²) in [6, 6.07) is 0. The van der Waals surface area contributed by atoms with Crippen LogP contribution in [0.15, 0.2) is 11.4 Å². The molecular weight excluding hydrogens is 240 g/mol. The number of aliphatic carboxylic acids is 1. The van der Waals surface area contributed by atoms with Gasteiger partial charge in [-0.25, -0.2) is 4.98 Å². The minimum absolute atomic E-state index is 0.0273. The standard InChI is InChI=1S/C11H18N2O3S/c1-4-16-9(3)6-13-8(2)5-12-11(13)17-7-10(14)15/h5,9H,4,6-7H2,1-3H3,(H,14,15). The van der Waals surface area contributed by atoms with Crippen LogP contribution in [0.1, 0.15) is 19.5 Å². The fourth-order valence-electron chi connectivity index (χ4n) is 1.50. The lowest BCUT2D eigenvalue weighted by Gasteiger charge is -2.15. The van der Waals surface area contributed by atoms with Gasteiger partial charge >= 0.3 is 5.97 Å². The number of nitrogens with zero attached hydrogens (tertiary/aromatic N) is 2. The van der Waals surface area contributed by atoms with Crippen molar-refractivity contribution in [1.82, 2.24) is 9.55 Å². The summed E-state index contributed by atoms with van der Waals surface area (Å²) in [4.78, 5) is 14.7. The van der Waals surface area contributed by atoms with E-state index in [1.807, 2.05) is 25.3 Å². The Kier molecular flexibility index (Phi) is 5.50. The van der Waals surface area contributed by atoms with Crippen molar-refractivity contribution in [3.8, 4) is 0 Å². The number of imidazole rings is 1. The number of carboxylic acids is 1. The molecule has 1 aromatic heterocycles. The van der Waals surface area contributed by atoms with Crippen molar-refractivity contribution in [2.75, 3.05) is 12.4 Å². The lowest BCUT2D eigenvalue weighted by molar-refractivity contribution is -0.133. The number of aromatic nitrogens is 2. The molecule has 0 bridgehead atoms. The first-order chi connectivity index (χ1) is 8.04. The average molecular weight is 258 g/mol. The Bertz CT molecular complexity index is 379. The molecule has 1 rings (SSSR count). The van der Waals surface area contributed by atoms with E-state index in [0.717, 1.165) is 10.9 Å². The maximum absolute atomic E-state index is 10.5. The maximum atomic E-state index is 10.5. The fourth-order valence-corrected chi connectivity index (χ4v) is 2.25. The second kappa shape index (κ2) is 6.66. The molecule has 96 valence electrons. The number of carboxylic acid groups (broad SMARTS) is 1. The van der Waals surface area contributed by atoms with Gasteiger partial charge in [0, 0.05) is 18.5 Å². The summed E-state index contributed by atoms with van der Waals surface area (Å²) in [6.45, 7) is 7.27. The highest BCUT2D eigenvalue weighted by atomic mass is 32.2. The third-order valence-corrected chi connectivity index (χ3v) is 3.21. The molecule has 0 aliphatic rings. The molecule has 0 fully saturated rings. The van der Waals surface area contributed by atoms with E-state index in [1.54, 1.807) is 6.20 Å². The molecule has 0 aromatic carbocycles. The average Bonchev–Trinajstić information content (AvgIpc) is 2.58. The summed E-state index contributed by atoms with van der Waals surface area (Å²) < 4.78 is 7.47. The highest BCUT2D eigenvalue weighted by molar-refractivity contribution is 7.99. The highest BCUT2D eigenvalue weighted by Gasteiger charge is 2.12. The Morgan fingerprint density at radius 3 is 3.00 bits per heavy atom. The van der Waals surface area contributed by atoms with Crippen LogP contribution in [-0.4, -0.2) is 39.1 Å². The van der Waals surface area contributed by atoms with Gasteiger partial charge in [0.1, 0.15) is 0 Å². The lowest BCUT2D eigenvalue weighted by Crippen LogP contribution is -2.18. The van der Waals surface area contributed by atoms with Crippen LogP contribution in [0.4, 0.5) is 0 Å². The minimum Gasteiger partial charge on any atom is -0.481 e. The van der Waals surface area contributed by atoms with Gasteiger partial charge in [-0.1, -0.05) is 11.8 Å². The minimum atomic E-state index is -0.833. The number of ether oxygens (including phenoxy) is 1. The number of hydrogen-bond donors (Lipinski definition) is 1. The second-order valence-corrected chi connectivity index (χ2v) is 4.68. The van der Waals surface area contributed by atoms with Crippen molar-refractivity contribution >= 4 is 17.7 Å². The van der Waals surface area contributed by atoms with Gasteiger partial charge < -0.3 is 14.4 Å². The summed E-state index contributed by atoms with van der Waals surface area (Å²) in [7, 11) is 0. The van der Waals surface area contributed by atoms with Crippen molar-refractivity contribution in [3.63, 3.8) is 0 Å². The van der Waals surface area contributed by atoms with Crippen LogP contribution in [0.2, 0.25) is 0 Å². The maximum Gasteiger partial charge on any atom is 0.313 e. The van der Waals surface area contributed by atoms with Crippen LogP contribution in [0.3, 0.4) is 0 Å². The molecule has 0 aliphatic carbocycles. The molecule has 0 saturated heterocycles. The molecule has 1 heterocycles. The molecule has 1 aromatic rings. The van der Waals surface area contributed by atoms with Gasteiger partial charge in [-0.05, 0) is 20.8 Å². The normalized spacial score (nSPS) is 12.6. The molecule has 0 aliphatic heterocycles. The largest absolute Gasteiger partial charge is 0.481 e. The summed E-state index contributed by atoms with van der Waals surface area (Å²) >= 11 is 1.23. The number of hydrogen-bond acceptors (Lipinski definition) is 4. The van der Waals surface area contributed by atoms with Gasteiger partial charge in [0.15, 0.2) is 5.16 Å². The predicted octanol–water partition coefficient (Wildman–Crippen LogP) is 1.79. The summed E-state index contributed by atoms with van der Waals surface area (Å²) in [5.41, 5.74) is 1.02. The number of aryl methyl sites for hydroxylation is 1. The van der Waals surface area contributed by atoms with Gasteiger partial charge in [0.2, 0.25) is 0 Å². The number of carbonyl (C=O) groups is 1. The smallest absolute Gasteiger partial charge is 0.313 e. The van der Waals surface area contributed by atoms with Crippen molar-refractivity contribution in [1.29, 1.82) is 0 Å². The van der Waals surface area contributed by atoms with Gasteiger partial charge in [-0.3, -0.25) is 4.79 Å². The quantitative estimate of drug-likeness (QED) is 0.755. The van der Waals surface area contributed by atoms with Gasteiger partial charge in [0.05, 0.1) is 18.4 Å². The zero-order valence-electron chi connectivity index (χ0n) is 10.3. The van der Waals surface area contributed by atoms with E-state index >= 15 is 0 Å². The Morgan fingerprint density at radius 1 is 1.71 bits per heavy atom. The van der Waals surface area contributed by atoms with Crippen molar-refractivity contribution in [2.45, 2.75) is 38.6 Å². The zero-order chi connectivity index (χ0) is 12.8. The lowest BCUT2D eigenvalue weighted by atomic mass is 10.4. The Morgan fingerprint density at radius 2 is 2.41 bits per heavy atom. The second-order valence-electron chi connectivity index (χ2n) is 3.74. The fraction of sp³-hybridized carbons (Fsp3) is 0.636. The van der Waals surface area contributed by atoms with E-state index < -0.39 is 5.97 Å². The van der Waals surface area contributed by atoms with Crippen LogP contribution >= 0.6 is 11.8 Å². The van der Waals surface area contributed by atoms with Crippen LogP contribution < -0.4 is 0 Å². The predicted molar refractivity (Wildman–Crippen MR) is 66.4 cm³/mol. The van der Waals surface area contributed by atoms with Crippen molar-refractivity contribution < 1.29 is 14.6 Å². The molecule has 5 nitrogen and oxygen atoms in total. The van der Waals surface area contributed by atoms with E-state index in [1.165, 1.54) is 11.8 Å². The van der Waals surface area contributed by atoms with Crippen LogP contribution in [-0.2, 0) is 16.1 Å². The first-order valence-electron chi connectivity index (χ1n) is 5.53. The van der Waals surface area contributed by atoms with E-state index in [9.17, 15) is 4.79 Å². The highest BCUT2D eigenvalue weighted by Crippen LogP contribution is 2.18. The molecule has 17 heavy (non-hydrogen) atoms. The molecular formula is C11H18N2O3S. The van der Waals surface area contributed by atoms with Gasteiger partial charge in [0.25, 0.3) is 0 Å². The molecule has 6 heteroatoms. The molecule has 1 N–H and O–H groups in total. The van der Waals surface area contributed by atoms with Crippen molar-refractivity contribution in [3.05, 3.63) is 11.9 Å². The molecule has 0 spiro atoms. The van der Waals surface area contributed by atoms with Crippen LogP contribution in [0.25, 0.3) is 0 Å². The SMILES string of the molecule is CCOC(C)Cn1c(C)cnc1SCC(=O)O. The first-order valence-corrected chi connectivity index (χ1v) is 6.51. The van der Waals surface area contributed by atoms with E-state index in [0.29, 0.717) is 13.2 Å². The molecule has 0 radical (unpaired) electrons. The summed E-state index contributed by atoms with van der Waals surface area (Å²) in [5, 5.41) is 9.39. The Hall–Kier alpha value is -1.01. The monoisotopic (exact) mass is 258 g/mol. The summed E-state index contributed by atoms with van der Waals surface area (Å²) in [5.74, 6) is -0.806. The Labute approximate surface area is 105 Å². The molecule has 0 saturated carbocycles. The van der Waals surface area contributed by atoms with E-state index in [2.05, 4.69) is 4.98 Å². The zero-order valence-corrected chi connectivity index (χ0v) is 11.2. The molecule has 1 atom stereocenters. The van der Waals surface area contributed by atoms with Crippen molar-refractivity contribution in [2.24, 2.45) is 0 Å². The first kappa shape index (κ1) is 14.1. The van der Waals surface area contributed by atoms with E-state index in [4.69, 9.17) is 9.84 Å². The third-order valence-electron chi connectivity index (χ3n) is 2.23. The summed E-state index contributed by atoms with van der Waals surface area (Å²) in [6.07, 6.45) is 1.85. The van der Waals surface area contributed by atoms with Gasteiger partial charge in [-0.2, -0.15) is 0 Å². The van der Waals surface area contributed by atoms with E-state index in [-0.39, 0.29) is 11.9 Å².